The second kappa shape index (κ2) is 12.9. The van der Waals surface area contributed by atoms with Gasteiger partial charge in [0.15, 0.2) is 0 Å². The Balaban J connectivity index is 1.57. The van der Waals surface area contributed by atoms with E-state index in [0.29, 0.717) is 16.8 Å². The molecule has 0 saturated heterocycles. The SMILES string of the molecule is Cn1cncc1C(NCCCNS(=O)(=O)c1cccc(OC(=O)C(F)(F)F)c1)(c1ccc(F)cc1)c1ccc(C#N)c(F)c1. The molecule has 0 aliphatic rings. The number of nitrogens with one attached hydrogen (secondary N) is 2. The third-order valence-electron chi connectivity index (χ3n) is 6.59. The van der Waals surface area contributed by atoms with Gasteiger partial charge >= 0.3 is 12.1 Å². The number of ether oxygens (including phenoxy) is 1. The number of hydrogen-bond donors (Lipinski definition) is 2. The van der Waals surface area contributed by atoms with Crippen LogP contribution in [-0.4, -0.2) is 43.2 Å². The highest BCUT2D eigenvalue weighted by Gasteiger charge is 2.41. The molecule has 1 aromatic heterocycles. The van der Waals surface area contributed by atoms with Crippen molar-refractivity contribution in [2.45, 2.75) is 23.0 Å². The number of halogens is 5. The third kappa shape index (κ3) is 6.94. The molecular weight excluding hydrogens is 609 g/mol. The van der Waals surface area contributed by atoms with Crippen LogP contribution in [0.5, 0.6) is 5.75 Å². The summed E-state index contributed by atoms with van der Waals surface area (Å²) in [5.41, 5.74) is -0.131. The van der Waals surface area contributed by atoms with Crippen molar-refractivity contribution in [3.8, 4) is 11.8 Å². The summed E-state index contributed by atoms with van der Waals surface area (Å²) in [6.07, 6.45) is -2.05. The Kier molecular flexibility index (Phi) is 9.47. The first-order valence-electron chi connectivity index (χ1n) is 12.8. The zero-order valence-electron chi connectivity index (χ0n) is 22.9. The Morgan fingerprint density at radius 3 is 2.34 bits per heavy atom. The van der Waals surface area contributed by atoms with Crippen LogP contribution in [0.15, 0.2) is 84.1 Å². The first kappa shape index (κ1) is 32.3. The topological polar surface area (TPSA) is 126 Å². The lowest BCUT2D eigenvalue weighted by Crippen LogP contribution is -2.47. The van der Waals surface area contributed by atoms with Crippen LogP contribution < -0.4 is 14.8 Å². The summed E-state index contributed by atoms with van der Waals surface area (Å²) in [5.74, 6) is -4.39. The van der Waals surface area contributed by atoms with Crippen molar-refractivity contribution in [3.05, 3.63) is 113 Å². The van der Waals surface area contributed by atoms with Crippen LogP contribution >= 0.6 is 0 Å². The molecule has 9 nitrogen and oxygen atoms in total. The predicted octanol–water partition coefficient (Wildman–Crippen LogP) is 4.29. The van der Waals surface area contributed by atoms with Crippen molar-refractivity contribution in [2.24, 2.45) is 7.05 Å². The maximum Gasteiger partial charge on any atom is 0.491 e. The smallest absolute Gasteiger partial charge is 0.420 e. The summed E-state index contributed by atoms with van der Waals surface area (Å²) in [7, 11) is -2.52. The molecule has 0 saturated carbocycles. The summed E-state index contributed by atoms with van der Waals surface area (Å²) >= 11 is 0. The van der Waals surface area contributed by atoms with Crippen LogP contribution in [0, 0.1) is 23.0 Å². The molecule has 0 bridgehead atoms. The first-order chi connectivity index (χ1) is 20.8. The van der Waals surface area contributed by atoms with Crippen LogP contribution in [0.2, 0.25) is 0 Å². The monoisotopic (exact) mass is 633 g/mol. The maximum absolute atomic E-state index is 14.9. The molecule has 4 aromatic rings. The van der Waals surface area contributed by atoms with E-state index in [2.05, 4.69) is 19.8 Å². The van der Waals surface area contributed by atoms with Gasteiger partial charge in [0.1, 0.15) is 29.0 Å². The van der Waals surface area contributed by atoms with Gasteiger partial charge < -0.3 is 9.30 Å². The molecule has 230 valence electrons. The van der Waals surface area contributed by atoms with Crippen LogP contribution in [0.3, 0.4) is 0 Å². The van der Waals surface area contributed by atoms with Crippen LogP contribution in [0.4, 0.5) is 22.0 Å². The summed E-state index contributed by atoms with van der Waals surface area (Å²) in [6.45, 7) is -0.0373. The molecule has 0 amide bonds. The molecule has 1 heterocycles. The molecule has 44 heavy (non-hydrogen) atoms. The van der Waals surface area contributed by atoms with Gasteiger partial charge in [0.25, 0.3) is 0 Å². The molecule has 0 fully saturated rings. The molecule has 3 aromatic carbocycles. The van der Waals surface area contributed by atoms with Crippen LogP contribution in [0.25, 0.3) is 0 Å². The Hall–Kier alpha value is -4.65. The number of imidazole rings is 1. The van der Waals surface area contributed by atoms with E-state index in [0.717, 1.165) is 24.3 Å². The van der Waals surface area contributed by atoms with Crippen LogP contribution in [0.1, 0.15) is 28.8 Å². The lowest BCUT2D eigenvalue weighted by Gasteiger charge is -2.37. The number of esters is 1. The molecule has 0 aliphatic carbocycles. The molecular formula is C29H24F5N5O4S. The Morgan fingerprint density at radius 2 is 1.73 bits per heavy atom. The van der Waals surface area contributed by atoms with E-state index >= 15 is 0 Å². The first-order valence-corrected chi connectivity index (χ1v) is 14.3. The van der Waals surface area contributed by atoms with Crippen molar-refractivity contribution >= 4 is 16.0 Å². The van der Waals surface area contributed by atoms with Gasteiger partial charge in [-0.05, 0) is 60.5 Å². The number of rotatable bonds is 11. The number of carbonyl (C=O) groups excluding carboxylic acids is 1. The number of hydrogen-bond acceptors (Lipinski definition) is 7. The highest BCUT2D eigenvalue weighted by Crippen LogP contribution is 2.37. The maximum atomic E-state index is 14.9. The molecule has 0 spiro atoms. The fourth-order valence-corrected chi connectivity index (χ4v) is 5.65. The van der Waals surface area contributed by atoms with Gasteiger partial charge in [-0.1, -0.05) is 24.3 Å². The number of benzene rings is 3. The minimum atomic E-state index is -5.26. The van der Waals surface area contributed by atoms with Gasteiger partial charge in [-0.25, -0.2) is 31.7 Å². The van der Waals surface area contributed by atoms with E-state index in [4.69, 9.17) is 0 Å². The Morgan fingerprint density at radius 1 is 1.02 bits per heavy atom. The van der Waals surface area contributed by atoms with Crippen LogP contribution in [-0.2, 0) is 27.4 Å². The van der Waals surface area contributed by atoms with Crippen molar-refractivity contribution in [1.29, 1.82) is 5.26 Å². The van der Waals surface area contributed by atoms with Crippen molar-refractivity contribution in [2.75, 3.05) is 13.1 Å². The summed E-state index contributed by atoms with van der Waals surface area (Å²) in [5, 5.41) is 12.6. The standard InChI is InChI=1S/C29H24F5N5O4S/c1-39-18-36-17-26(39)28(20-8-10-22(30)11-9-20,21-7-6-19(16-35)25(31)14-21)37-12-3-13-38-44(41,42)24-5-2-4-23(15-24)43-27(40)29(32,33)34/h2,4-11,14-15,17-18,37-38H,3,12-13H2,1H3. The highest BCUT2D eigenvalue weighted by molar-refractivity contribution is 7.89. The van der Waals surface area contributed by atoms with Crippen molar-refractivity contribution in [3.63, 3.8) is 0 Å². The van der Waals surface area contributed by atoms with Gasteiger partial charge in [-0.2, -0.15) is 18.4 Å². The third-order valence-corrected chi connectivity index (χ3v) is 8.05. The number of nitrogens with zero attached hydrogens (tertiary/aromatic N) is 3. The average molecular weight is 634 g/mol. The van der Waals surface area contributed by atoms with Gasteiger partial charge in [0.2, 0.25) is 10.0 Å². The minimum absolute atomic E-state index is 0.107. The molecule has 1 atom stereocenters. The number of sulfonamides is 1. The Labute approximate surface area is 249 Å². The van der Waals surface area contributed by atoms with Gasteiger partial charge in [-0.3, -0.25) is 5.32 Å². The fraction of sp³-hybridized carbons (Fsp3) is 0.207. The lowest BCUT2D eigenvalue weighted by molar-refractivity contribution is -0.189. The van der Waals surface area contributed by atoms with E-state index in [1.54, 1.807) is 23.8 Å². The van der Waals surface area contributed by atoms with E-state index < -0.39 is 50.0 Å². The van der Waals surface area contributed by atoms with E-state index in [-0.39, 0.29) is 25.1 Å². The summed E-state index contributed by atoms with van der Waals surface area (Å²) in [4.78, 5) is 14.9. The lowest BCUT2D eigenvalue weighted by atomic mass is 9.79. The predicted molar refractivity (Wildman–Crippen MR) is 147 cm³/mol. The average Bonchev–Trinajstić information content (AvgIpc) is 3.41. The largest absolute Gasteiger partial charge is 0.491 e. The van der Waals surface area contributed by atoms with E-state index in [9.17, 15) is 40.4 Å². The quantitative estimate of drug-likeness (QED) is 0.109. The highest BCUT2D eigenvalue weighted by atomic mass is 32.2. The van der Waals surface area contributed by atoms with Gasteiger partial charge in [-0.15, -0.1) is 0 Å². The normalized spacial score (nSPS) is 13.2. The van der Waals surface area contributed by atoms with E-state index in [1.165, 1.54) is 48.9 Å². The summed E-state index contributed by atoms with van der Waals surface area (Å²) < 4.78 is 100. The second-order valence-corrected chi connectivity index (χ2v) is 11.3. The molecule has 1 unspecified atom stereocenters. The molecule has 2 N–H and O–H groups in total. The number of aryl methyl sites for hydroxylation is 1. The number of aromatic nitrogens is 2. The zero-order valence-corrected chi connectivity index (χ0v) is 23.7. The summed E-state index contributed by atoms with van der Waals surface area (Å²) in [6, 6.07) is 15.3. The molecule has 0 aliphatic heterocycles. The fourth-order valence-electron chi connectivity index (χ4n) is 4.54. The van der Waals surface area contributed by atoms with Crippen molar-refractivity contribution < 1.29 is 39.9 Å². The molecule has 15 heteroatoms. The number of nitriles is 1. The zero-order chi connectivity index (χ0) is 32.1. The molecule has 0 radical (unpaired) electrons. The van der Waals surface area contributed by atoms with Gasteiger partial charge in [0, 0.05) is 19.7 Å². The van der Waals surface area contributed by atoms with Gasteiger partial charge in [0.05, 0.1) is 28.7 Å². The van der Waals surface area contributed by atoms with Crippen molar-refractivity contribution in [1.82, 2.24) is 19.6 Å². The number of alkyl halides is 3. The second-order valence-electron chi connectivity index (χ2n) is 9.49. The number of carbonyl (C=O) groups is 1. The minimum Gasteiger partial charge on any atom is -0.420 e. The Bertz CT molecular complexity index is 1800. The molecule has 4 rings (SSSR count). The van der Waals surface area contributed by atoms with E-state index in [1.807, 2.05) is 0 Å².